The molecule has 4 heterocycles. The number of piperidine rings is 1. The first-order chi connectivity index (χ1) is 12.1. The van der Waals surface area contributed by atoms with Crippen LogP contribution in [0.1, 0.15) is 49.0 Å². The fraction of sp³-hybridized carbons (Fsp3) is 0.579. The molecule has 2 aliphatic rings. The van der Waals surface area contributed by atoms with Gasteiger partial charge >= 0.3 is 0 Å². The van der Waals surface area contributed by atoms with Crippen molar-refractivity contribution in [2.24, 2.45) is 0 Å². The molecule has 2 aromatic rings. The van der Waals surface area contributed by atoms with Crippen LogP contribution in [0, 0.1) is 6.92 Å². The Balaban J connectivity index is 1.56. The van der Waals surface area contributed by atoms with Gasteiger partial charge in [0.25, 0.3) is 5.56 Å². The minimum absolute atomic E-state index is 0.0336. The number of hydrogen-bond donors (Lipinski definition) is 1. The minimum Gasteiger partial charge on any atom is -0.465 e. The lowest BCUT2D eigenvalue weighted by molar-refractivity contribution is 0.220. The number of hydrogen-bond acceptors (Lipinski definition) is 5. The van der Waals surface area contributed by atoms with Gasteiger partial charge < -0.3 is 9.32 Å². The normalized spacial score (nSPS) is 21.4. The fourth-order valence-electron chi connectivity index (χ4n) is 3.95. The second-order valence-electron chi connectivity index (χ2n) is 7.33. The first kappa shape index (κ1) is 16.4. The lowest BCUT2D eigenvalue weighted by Crippen LogP contribution is -2.41. The molecule has 0 unspecified atom stereocenters. The van der Waals surface area contributed by atoms with Gasteiger partial charge in [0.1, 0.15) is 11.5 Å². The zero-order valence-electron chi connectivity index (χ0n) is 15.0. The van der Waals surface area contributed by atoms with E-state index in [1.165, 1.54) is 6.42 Å². The maximum absolute atomic E-state index is 12.5. The topological polar surface area (TPSA) is 65.4 Å². The van der Waals surface area contributed by atoms with Crippen LogP contribution in [0.3, 0.4) is 0 Å². The summed E-state index contributed by atoms with van der Waals surface area (Å²) >= 11 is 0. The zero-order valence-corrected chi connectivity index (χ0v) is 15.0. The standard InChI is InChI=1S/C19H26N4O2/c1-13-5-3-4-9-23(13)19-20-17-12-22(10-8-16(17)18(24)21-19)11-15-7-6-14(2)25-15/h6-7,13H,3-5,8-12H2,1-2H3,(H,20,21,24)/t13-/m0/s1. The van der Waals surface area contributed by atoms with Gasteiger partial charge in [0.2, 0.25) is 5.95 Å². The van der Waals surface area contributed by atoms with Gasteiger partial charge in [-0.3, -0.25) is 14.7 Å². The number of nitrogens with one attached hydrogen (secondary N) is 1. The number of anilines is 1. The third kappa shape index (κ3) is 3.35. The lowest BCUT2D eigenvalue weighted by Gasteiger charge is -2.35. The molecule has 134 valence electrons. The Labute approximate surface area is 147 Å². The fourth-order valence-corrected chi connectivity index (χ4v) is 3.95. The predicted octanol–water partition coefficient (Wildman–Crippen LogP) is 2.61. The molecule has 6 nitrogen and oxygen atoms in total. The largest absolute Gasteiger partial charge is 0.465 e. The van der Waals surface area contributed by atoms with Crippen molar-refractivity contribution in [1.29, 1.82) is 0 Å². The van der Waals surface area contributed by atoms with Crippen molar-refractivity contribution in [3.8, 4) is 0 Å². The highest BCUT2D eigenvalue weighted by atomic mass is 16.3. The van der Waals surface area contributed by atoms with Crippen LogP contribution in [-0.2, 0) is 19.5 Å². The van der Waals surface area contributed by atoms with Crippen LogP contribution in [0.25, 0.3) is 0 Å². The molecule has 0 bridgehead atoms. The first-order valence-corrected chi connectivity index (χ1v) is 9.26. The summed E-state index contributed by atoms with van der Waals surface area (Å²) in [5.74, 6) is 2.64. The maximum atomic E-state index is 12.5. The summed E-state index contributed by atoms with van der Waals surface area (Å²) < 4.78 is 5.69. The van der Waals surface area contributed by atoms with Crippen LogP contribution in [0.5, 0.6) is 0 Å². The molecule has 1 fully saturated rings. The van der Waals surface area contributed by atoms with E-state index in [0.717, 1.165) is 67.6 Å². The van der Waals surface area contributed by atoms with Gasteiger partial charge in [-0.05, 0) is 51.7 Å². The molecule has 25 heavy (non-hydrogen) atoms. The first-order valence-electron chi connectivity index (χ1n) is 9.26. The molecule has 0 spiro atoms. The van der Waals surface area contributed by atoms with E-state index < -0.39 is 0 Å². The van der Waals surface area contributed by atoms with E-state index in [4.69, 9.17) is 9.40 Å². The Hall–Kier alpha value is -2.08. The Morgan fingerprint density at radius 1 is 1.32 bits per heavy atom. The summed E-state index contributed by atoms with van der Waals surface area (Å²) in [6.07, 6.45) is 4.32. The molecule has 1 atom stereocenters. The molecule has 2 aromatic heterocycles. The molecular formula is C19H26N4O2. The molecule has 1 saturated heterocycles. The van der Waals surface area contributed by atoms with E-state index in [1.807, 2.05) is 19.1 Å². The number of aromatic amines is 1. The molecule has 0 saturated carbocycles. The van der Waals surface area contributed by atoms with Gasteiger partial charge in [-0.2, -0.15) is 0 Å². The Bertz CT molecular complexity index is 810. The molecule has 2 aliphatic heterocycles. The van der Waals surface area contributed by atoms with Crippen LogP contribution < -0.4 is 10.5 Å². The number of rotatable bonds is 3. The third-order valence-electron chi connectivity index (χ3n) is 5.39. The van der Waals surface area contributed by atoms with Crippen molar-refractivity contribution < 1.29 is 4.42 Å². The summed E-state index contributed by atoms with van der Waals surface area (Å²) in [5.41, 5.74) is 1.80. The van der Waals surface area contributed by atoms with E-state index in [1.54, 1.807) is 0 Å². The summed E-state index contributed by atoms with van der Waals surface area (Å²) in [7, 11) is 0. The van der Waals surface area contributed by atoms with Crippen molar-refractivity contribution in [3.63, 3.8) is 0 Å². The lowest BCUT2D eigenvalue weighted by atomic mass is 10.0. The van der Waals surface area contributed by atoms with E-state index in [-0.39, 0.29) is 5.56 Å². The van der Waals surface area contributed by atoms with Gasteiger partial charge in [0.05, 0.1) is 12.2 Å². The smallest absolute Gasteiger partial charge is 0.255 e. The molecule has 0 amide bonds. The van der Waals surface area contributed by atoms with Gasteiger partial charge in [0.15, 0.2) is 0 Å². The highest BCUT2D eigenvalue weighted by Crippen LogP contribution is 2.23. The molecule has 0 aromatic carbocycles. The highest BCUT2D eigenvalue weighted by molar-refractivity contribution is 5.36. The van der Waals surface area contributed by atoms with Gasteiger partial charge in [-0.15, -0.1) is 0 Å². The van der Waals surface area contributed by atoms with Crippen LogP contribution in [0.4, 0.5) is 5.95 Å². The number of furan rings is 1. The highest BCUT2D eigenvalue weighted by Gasteiger charge is 2.25. The van der Waals surface area contributed by atoms with Crippen LogP contribution in [0.2, 0.25) is 0 Å². The van der Waals surface area contributed by atoms with Crippen molar-refractivity contribution >= 4 is 5.95 Å². The van der Waals surface area contributed by atoms with Gasteiger partial charge in [-0.1, -0.05) is 0 Å². The average Bonchev–Trinajstić information content (AvgIpc) is 3.00. The van der Waals surface area contributed by atoms with Gasteiger partial charge in [0, 0.05) is 31.2 Å². The van der Waals surface area contributed by atoms with Crippen molar-refractivity contribution in [2.75, 3.05) is 18.0 Å². The number of H-pyrrole nitrogens is 1. The van der Waals surface area contributed by atoms with Crippen molar-refractivity contribution in [3.05, 3.63) is 45.3 Å². The van der Waals surface area contributed by atoms with Crippen LogP contribution in [0.15, 0.2) is 21.3 Å². The number of fused-ring (bicyclic) bond motifs is 1. The SMILES string of the molecule is Cc1ccc(CN2CCc3c(nc(N4CCCC[C@@H]4C)[nH]c3=O)C2)o1. The van der Waals surface area contributed by atoms with Gasteiger partial charge in [-0.25, -0.2) is 4.98 Å². The van der Waals surface area contributed by atoms with Crippen molar-refractivity contribution in [1.82, 2.24) is 14.9 Å². The summed E-state index contributed by atoms with van der Waals surface area (Å²) in [6.45, 7) is 7.47. The quantitative estimate of drug-likeness (QED) is 0.929. The molecule has 4 rings (SSSR count). The Morgan fingerprint density at radius 3 is 2.96 bits per heavy atom. The maximum Gasteiger partial charge on any atom is 0.255 e. The second kappa shape index (κ2) is 6.67. The van der Waals surface area contributed by atoms with Crippen LogP contribution >= 0.6 is 0 Å². The summed E-state index contributed by atoms with van der Waals surface area (Å²) in [4.78, 5) is 25.0. The molecular weight excluding hydrogens is 316 g/mol. The number of nitrogens with zero attached hydrogens (tertiary/aromatic N) is 3. The number of aromatic nitrogens is 2. The predicted molar refractivity (Wildman–Crippen MR) is 96.8 cm³/mol. The number of aryl methyl sites for hydroxylation is 1. The third-order valence-corrected chi connectivity index (χ3v) is 5.39. The average molecular weight is 342 g/mol. The van der Waals surface area contributed by atoms with E-state index >= 15 is 0 Å². The van der Waals surface area contributed by atoms with Crippen LogP contribution in [-0.4, -0.2) is 34.0 Å². The van der Waals surface area contributed by atoms with E-state index in [2.05, 4.69) is 21.7 Å². The Morgan fingerprint density at radius 2 is 2.20 bits per heavy atom. The monoisotopic (exact) mass is 342 g/mol. The van der Waals surface area contributed by atoms with Crippen molar-refractivity contribution in [2.45, 2.75) is 58.7 Å². The zero-order chi connectivity index (χ0) is 17.4. The summed E-state index contributed by atoms with van der Waals surface area (Å²) in [5, 5.41) is 0. The van der Waals surface area contributed by atoms with E-state index in [9.17, 15) is 4.79 Å². The molecule has 0 radical (unpaired) electrons. The Kier molecular flexibility index (Phi) is 4.37. The molecule has 0 aliphatic carbocycles. The summed E-state index contributed by atoms with van der Waals surface area (Å²) in [6, 6.07) is 4.45. The second-order valence-corrected chi connectivity index (χ2v) is 7.33. The molecule has 6 heteroatoms. The minimum atomic E-state index is 0.0336. The van der Waals surface area contributed by atoms with E-state index in [0.29, 0.717) is 12.6 Å². The molecule has 1 N–H and O–H groups in total.